The second-order valence-electron chi connectivity index (χ2n) is 6.00. The Hall–Kier alpha value is -2.56. The maximum absolute atomic E-state index is 14.1. The smallest absolute Gasteiger partial charge is 0.406 e. The van der Waals surface area contributed by atoms with Crippen molar-refractivity contribution in [2.24, 2.45) is 5.14 Å². The van der Waals surface area contributed by atoms with Crippen molar-refractivity contribution in [3.63, 3.8) is 0 Å². The molecule has 0 fully saturated rings. The van der Waals surface area contributed by atoms with Gasteiger partial charge in [0.05, 0.1) is 0 Å². The van der Waals surface area contributed by atoms with Crippen LogP contribution in [0.2, 0.25) is 0 Å². The lowest BCUT2D eigenvalue weighted by molar-refractivity contribution is -0.274. The third-order valence-corrected chi connectivity index (χ3v) is 5.26. The van der Waals surface area contributed by atoms with Crippen LogP contribution in [0.1, 0.15) is 0 Å². The molecule has 3 rings (SSSR count). The highest BCUT2D eigenvalue weighted by Gasteiger charge is 2.31. The summed E-state index contributed by atoms with van der Waals surface area (Å²) >= 11 is 4.37. The Balaban J connectivity index is 1.96. The standard InChI is InChI=1S/C19H13F4NO3S2/c20-16-9-11(5-7-18(16)29(24,25)26)12-4-6-15(17(28)10-12)13-2-1-3-14(8-13)27-19(21,22)23/h1-10,28H,(H2,24,25,26). The molecule has 0 saturated carbocycles. The Bertz CT molecular complexity index is 1180. The fraction of sp³-hybridized carbons (Fsp3) is 0.0526. The van der Waals surface area contributed by atoms with Gasteiger partial charge < -0.3 is 4.74 Å². The normalized spacial score (nSPS) is 12.1. The van der Waals surface area contributed by atoms with Crippen molar-refractivity contribution in [1.29, 1.82) is 0 Å². The monoisotopic (exact) mass is 443 g/mol. The number of hydrogen-bond acceptors (Lipinski definition) is 4. The second kappa shape index (κ2) is 7.69. The molecule has 10 heteroatoms. The molecule has 0 spiro atoms. The molecule has 0 aliphatic heterocycles. The van der Waals surface area contributed by atoms with E-state index in [4.69, 9.17) is 5.14 Å². The van der Waals surface area contributed by atoms with Gasteiger partial charge in [-0.15, -0.1) is 25.8 Å². The summed E-state index contributed by atoms with van der Waals surface area (Å²) in [5, 5.41) is 4.94. The van der Waals surface area contributed by atoms with E-state index in [-0.39, 0.29) is 5.75 Å². The number of alkyl halides is 3. The zero-order chi connectivity index (χ0) is 21.4. The van der Waals surface area contributed by atoms with Gasteiger partial charge in [-0.2, -0.15) is 0 Å². The highest BCUT2D eigenvalue weighted by Crippen LogP contribution is 2.34. The van der Waals surface area contributed by atoms with E-state index < -0.39 is 27.1 Å². The maximum atomic E-state index is 14.1. The Morgan fingerprint density at radius 1 is 0.897 bits per heavy atom. The number of rotatable bonds is 4. The first kappa shape index (κ1) is 21.2. The van der Waals surface area contributed by atoms with Crippen LogP contribution in [0.15, 0.2) is 70.5 Å². The average Bonchev–Trinajstić information content (AvgIpc) is 2.59. The van der Waals surface area contributed by atoms with Crippen molar-refractivity contribution in [3.05, 3.63) is 66.5 Å². The Morgan fingerprint density at radius 2 is 1.55 bits per heavy atom. The van der Waals surface area contributed by atoms with Crippen molar-refractivity contribution >= 4 is 22.7 Å². The number of ether oxygens (including phenoxy) is 1. The molecule has 2 N–H and O–H groups in total. The molecule has 0 radical (unpaired) electrons. The van der Waals surface area contributed by atoms with Crippen LogP contribution in [0.4, 0.5) is 17.6 Å². The van der Waals surface area contributed by atoms with E-state index in [2.05, 4.69) is 17.4 Å². The van der Waals surface area contributed by atoms with E-state index in [1.54, 1.807) is 24.3 Å². The molecule has 3 aromatic carbocycles. The lowest BCUT2D eigenvalue weighted by Gasteiger charge is -2.12. The molecule has 0 saturated heterocycles. The Labute approximate surface area is 169 Å². The molecule has 0 unspecified atom stereocenters. The van der Waals surface area contributed by atoms with Crippen LogP contribution in [0.5, 0.6) is 5.75 Å². The largest absolute Gasteiger partial charge is 0.573 e. The summed E-state index contributed by atoms with van der Waals surface area (Å²) in [6.45, 7) is 0. The minimum absolute atomic E-state index is 0.368. The van der Waals surface area contributed by atoms with Crippen LogP contribution in [-0.4, -0.2) is 14.8 Å². The summed E-state index contributed by atoms with van der Waals surface area (Å²) in [7, 11) is -4.18. The van der Waals surface area contributed by atoms with Gasteiger partial charge in [-0.05, 0) is 52.6 Å². The highest BCUT2D eigenvalue weighted by molar-refractivity contribution is 7.89. The van der Waals surface area contributed by atoms with Crippen LogP contribution in [0, 0.1) is 5.82 Å². The topological polar surface area (TPSA) is 69.4 Å². The fourth-order valence-electron chi connectivity index (χ4n) is 2.73. The summed E-state index contributed by atoms with van der Waals surface area (Å²) in [6, 6.07) is 13.7. The van der Waals surface area contributed by atoms with E-state index in [0.717, 1.165) is 12.1 Å². The highest BCUT2D eigenvalue weighted by atomic mass is 32.2. The fourth-order valence-corrected chi connectivity index (χ4v) is 3.66. The molecule has 29 heavy (non-hydrogen) atoms. The van der Waals surface area contributed by atoms with Gasteiger partial charge in [0.25, 0.3) is 0 Å². The maximum Gasteiger partial charge on any atom is 0.573 e. The number of nitrogens with two attached hydrogens (primary N) is 1. The molecular weight excluding hydrogens is 430 g/mol. The van der Waals surface area contributed by atoms with Gasteiger partial charge in [0.2, 0.25) is 10.0 Å². The van der Waals surface area contributed by atoms with Gasteiger partial charge in [0.15, 0.2) is 0 Å². The molecule has 0 aliphatic rings. The molecule has 3 aromatic rings. The molecule has 0 aliphatic carbocycles. The lowest BCUT2D eigenvalue weighted by Crippen LogP contribution is -2.17. The number of sulfonamides is 1. The SMILES string of the molecule is NS(=O)(=O)c1ccc(-c2ccc(-c3cccc(OC(F)(F)F)c3)c(S)c2)cc1F. The molecule has 0 aromatic heterocycles. The number of primary sulfonamides is 1. The van der Waals surface area contributed by atoms with Crippen LogP contribution in [-0.2, 0) is 10.0 Å². The Morgan fingerprint density at radius 3 is 2.14 bits per heavy atom. The molecule has 0 atom stereocenters. The average molecular weight is 443 g/mol. The van der Waals surface area contributed by atoms with Crippen molar-refractivity contribution in [3.8, 4) is 28.0 Å². The quantitative estimate of drug-likeness (QED) is 0.441. The minimum atomic E-state index is -4.81. The van der Waals surface area contributed by atoms with Crippen molar-refractivity contribution in [2.45, 2.75) is 16.2 Å². The molecule has 152 valence electrons. The van der Waals surface area contributed by atoms with E-state index in [0.29, 0.717) is 27.1 Å². The molecule has 4 nitrogen and oxygen atoms in total. The third-order valence-electron chi connectivity index (χ3n) is 3.95. The van der Waals surface area contributed by atoms with Crippen LogP contribution in [0.3, 0.4) is 0 Å². The predicted molar refractivity (Wildman–Crippen MR) is 103 cm³/mol. The van der Waals surface area contributed by atoms with Crippen LogP contribution < -0.4 is 9.88 Å². The summed E-state index contributed by atoms with van der Waals surface area (Å²) in [5.74, 6) is -1.36. The first-order chi connectivity index (χ1) is 13.4. The summed E-state index contributed by atoms with van der Waals surface area (Å²) in [5.41, 5.74) is 1.89. The van der Waals surface area contributed by atoms with Crippen LogP contribution >= 0.6 is 12.6 Å². The van der Waals surface area contributed by atoms with E-state index >= 15 is 0 Å². The van der Waals surface area contributed by atoms with Crippen molar-refractivity contribution in [1.82, 2.24) is 0 Å². The van der Waals surface area contributed by atoms with Crippen molar-refractivity contribution < 1.29 is 30.7 Å². The van der Waals surface area contributed by atoms with Crippen LogP contribution in [0.25, 0.3) is 22.3 Å². The zero-order valence-corrected chi connectivity index (χ0v) is 16.2. The summed E-state index contributed by atoms with van der Waals surface area (Å²) in [6.07, 6.45) is -4.81. The number of benzene rings is 3. The predicted octanol–water partition coefficient (Wildman–Crippen LogP) is 4.99. The van der Waals surface area contributed by atoms with Crippen molar-refractivity contribution in [2.75, 3.05) is 0 Å². The number of hydrogen-bond donors (Lipinski definition) is 2. The van der Waals surface area contributed by atoms with E-state index in [1.165, 1.54) is 24.3 Å². The van der Waals surface area contributed by atoms with Gasteiger partial charge in [-0.1, -0.05) is 30.3 Å². The third kappa shape index (κ3) is 5.08. The summed E-state index contributed by atoms with van der Waals surface area (Å²) in [4.78, 5) is -0.201. The molecule has 0 amide bonds. The van der Waals surface area contributed by atoms with Gasteiger partial charge in [0.1, 0.15) is 16.5 Å². The zero-order valence-electron chi connectivity index (χ0n) is 14.4. The first-order valence-electron chi connectivity index (χ1n) is 7.96. The van der Waals surface area contributed by atoms with Gasteiger partial charge in [-0.25, -0.2) is 17.9 Å². The van der Waals surface area contributed by atoms with Gasteiger partial charge >= 0.3 is 6.36 Å². The minimum Gasteiger partial charge on any atom is -0.406 e. The second-order valence-corrected chi connectivity index (χ2v) is 8.01. The Kier molecular flexibility index (Phi) is 5.61. The summed E-state index contributed by atoms with van der Waals surface area (Å²) < 4.78 is 77.9. The van der Waals surface area contributed by atoms with Gasteiger partial charge in [0, 0.05) is 4.90 Å². The number of halogens is 4. The number of thiol groups is 1. The first-order valence-corrected chi connectivity index (χ1v) is 9.95. The van der Waals surface area contributed by atoms with E-state index in [1.807, 2.05) is 0 Å². The lowest BCUT2D eigenvalue weighted by atomic mass is 10.00. The molecule has 0 bridgehead atoms. The van der Waals surface area contributed by atoms with E-state index in [9.17, 15) is 26.0 Å². The molecular formula is C19H13F4NO3S2. The van der Waals surface area contributed by atoms with Gasteiger partial charge in [-0.3, -0.25) is 0 Å². The molecule has 0 heterocycles.